The zero-order chi connectivity index (χ0) is 9.97. The second kappa shape index (κ2) is 3.30. The summed E-state index contributed by atoms with van der Waals surface area (Å²) in [6.45, 7) is 0. The van der Waals surface area contributed by atoms with Crippen molar-refractivity contribution in [1.29, 1.82) is 5.26 Å². The molecule has 14 heavy (non-hydrogen) atoms. The summed E-state index contributed by atoms with van der Waals surface area (Å²) in [5, 5.41) is 11.7. The van der Waals surface area contributed by atoms with Gasteiger partial charge in [-0.1, -0.05) is 12.1 Å². The Morgan fingerprint density at radius 2 is 2.29 bits per heavy atom. The van der Waals surface area contributed by atoms with E-state index in [2.05, 4.69) is 5.32 Å². The van der Waals surface area contributed by atoms with Crippen molar-refractivity contribution in [3.63, 3.8) is 0 Å². The molecule has 1 N–H and O–H groups in total. The lowest BCUT2D eigenvalue weighted by molar-refractivity contribution is 0.283. The molecule has 1 aliphatic heterocycles. The summed E-state index contributed by atoms with van der Waals surface area (Å²) in [6, 6.07) is 9.34. The van der Waals surface area contributed by atoms with Crippen LogP contribution in [0.1, 0.15) is 0 Å². The number of benzene rings is 1. The van der Waals surface area contributed by atoms with Crippen LogP contribution in [-0.4, -0.2) is 7.11 Å². The van der Waals surface area contributed by atoms with Gasteiger partial charge >= 0.3 is 0 Å². The van der Waals surface area contributed by atoms with Crippen molar-refractivity contribution in [3.8, 4) is 11.8 Å². The number of hydrogen-bond acceptors (Lipinski definition) is 4. The van der Waals surface area contributed by atoms with Gasteiger partial charge in [0.2, 0.25) is 0 Å². The Bertz CT molecular complexity index is 405. The van der Waals surface area contributed by atoms with E-state index >= 15 is 0 Å². The van der Waals surface area contributed by atoms with E-state index < -0.39 is 0 Å². The normalized spacial score (nSPS) is 16.0. The standard InChI is InChI=1S/C10H8N2O2/c1-13-9(6-11)10-12-7-4-2-3-5-8(7)14-10/h2-5,12H,1H3/b10-9-. The first kappa shape index (κ1) is 8.45. The number of methoxy groups -OCH3 is 1. The summed E-state index contributed by atoms with van der Waals surface area (Å²) in [6.07, 6.45) is 0. The van der Waals surface area contributed by atoms with E-state index in [4.69, 9.17) is 14.7 Å². The minimum Gasteiger partial charge on any atom is -0.483 e. The van der Waals surface area contributed by atoms with Gasteiger partial charge in [-0.2, -0.15) is 5.26 Å². The van der Waals surface area contributed by atoms with E-state index in [1.54, 1.807) is 0 Å². The zero-order valence-electron chi connectivity index (χ0n) is 7.57. The van der Waals surface area contributed by atoms with Crippen molar-refractivity contribution in [2.75, 3.05) is 12.4 Å². The summed E-state index contributed by atoms with van der Waals surface area (Å²) in [7, 11) is 1.43. The molecule has 1 aliphatic rings. The minimum absolute atomic E-state index is 0.140. The molecule has 1 aromatic carbocycles. The average Bonchev–Trinajstić information content (AvgIpc) is 2.63. The molecule has 0 amide bonds. The maximum absolute atomic E-state index is 8.71. The first-order chi connectivity index (χ1) is 6.85. The van der Waals surface area contributed by atoms with Crippen molar-refractivity contribution in [3.05, 3.63) is 35.9 Å². The second-order valence-electron chi connectivity index (χ2n) is 2.70. The Hall–Kier alpha value is -2.15. The molecule has 0 spiro atoms. The van der Waals surface area contributed by atoms with Gasteiger partial charge in [-0.05, 0) is 12.1 Å². The van der Waals surface area contributed by atoms with Gasteiger partial charge in [0.15, 0.2) is 5.75 Å². The van der Waals surface area contributed by atoms with Crippen molar-refractivity contribution in [2.24, 2.45) is 0 Å². The van der Waals surface area contributed by atoms with Crippen LogP contribution in [-0.2, 0) is 4.74 Å². The summed E-state index contributed by atoms with van der Waals surface area (Å²) in [5.74, 6) is 1.18. The van der Waals surface area contributed by atoms with Gasteiger partial charge in [-0.3, -0.25) is 0 Å². The molecular weight excluding hydrogens is 180 g/mol. The molecule has 0 saturated heterocycles. The molecule has 0 aromatic heterocycles. The van der Waals surface area contributed by atoms with Crippen molar-refractivity contribution in [1.82, 2.24) is 0 Å². The van der Waals surface area contributed by atoms with E-state index in [0.29, 0.717) is 11.6 Å². The fraction of sp³-hybridized carbons (Fsp3) is 0.100. The van der Waals surface area contributed by atoms with Crippen molar-refractivity contribution >= 4 is 5.69 Å². The number of nitrogens with one attached hydrogen (secondary N) is 1. The highest BCUT2D eigenvalue weighted by atomic mass is 16.5. The van der Waals surface area contributed by atoms with Crippen LogP contribution in [0.25, 0.3) is 0 Å². The lowest BCUT2D eigenvalue weighted by Crippen LogP contribution is -2.02. The van der Waals surface area contributed by atoms with Gasteiger partial charge in [0, 0.05) is 0 Å². The first-order valence-electron chi connectivity index (χ1n) is 4.07. The van der Waals surface area contributed by atoms with Crippen LogP contribution in [0.4, 0.5) is 5.69 Å². The number of nitrogens with zero attached hydrogens (tertiary/aromatic N) is 1. The smallest absolute Gasteiger partial charge is 0.258 e. The molecule has 1 heterocycles. The second-order valence-corrected chi connectivity index (χ2v) is 2.70. The van der Waals surface area contributed by atoms with Crippen LogP contribution in [0.2, 0.25) is 0 Å². The van der Waals surface area contributed by atoms with Gasteiger partial charge in [0.1, 0.15) is 6.07 Å². The Morgan fingerprint density at radius 1 is 1.50 bits per heavy atom. The number of ether oxygens (including phenoxy) is 2. The average molecular weight is 188 g/mol. The van der Waals surface area contributed by atoms with Crippen LogP contribution in [0.15, 0.2) is 35.9 Å². The fourth-order valence-electron chi connectivity index (χ4n) is 1.21. The SMILES string of the molecule is CO/C(C#N)=C1/Nc2ccccc2O1. The molecule has 0 unspecified atom stereocenters. The van der Waals surface area contributed by atoms with E-state index in [0.717, 1.165) is 5.69 Å². The highest BCUT2D eigenvalue weighted by Gasteiger charge is 2.20. The first-order valence-corrected chi connectivity index (χ1v) is 4.07. The van der Waals surface area contributed by atoms with E-state index in [-0.39, 0.29) is 5.76 Å². The Balaban J connectivity index is 2.36. The van der Waals surface area contributed by atoms with E-state index in [1.165, 1.54) is 7.11 Å². The van der Waals surface area contributed by atoms with Crippen LogP contribution in [0.5, 0.6) is 5.75 Å². The lowest BCUT2D eigenvalue weighted by Gasteiger charge is -2.00. The molecule has 2 rings (SSSR count). The molecule has 0 fully saturated rings. The largest absolute Gasteiger partial charge is 0.483 e. The summed E-state index contributed by atoms with van der Waals surface area (Å²) in [4.78, 5) is 0. The molecule has 0 aliphatic carbocycles. The quantitative estimate of drug-likeness (QED) is 0.539. The highest BCUT2D eigenvalue weighted by Crippen LogP contribution is 2.33. The number of allylic oxidation sites excluding steroid dienone is 1. The third kappa shape index (κ3) is 1.25. The van der Waals surface area contributed by atoms with Crippen LogP contribution < -0.4 is 10.1 Å². The molecule has 0 radical (unpaired) electrons. The number of fused-ring (bicyclic) bond motifs is 1. The molecule has 4 heteroatoms. The van der Waals surface area contributed by atoms with Crippen LogP contribution in [0.3, 0.4) is 0 Å². The maximum atomic E-state index is 8.71. The Labute approximate surface area is 81.4 Å². The summed E-state index contributed by atoms with van der Waals surface area (Å²) in [5.41, 5.74) is 0.840. The molecule has 70 valence electrons. The van der Waals surface area contributed by atoms with Crippen molar-refractivity contribution in [2.45, 2.75) is 0 Å². The molecule has 0 saturated carbocycles. The van der Waals surface area contributed by atoms with Crippen LogP contribution >= 0.6 is 0 Å². The predicted molar refractivity (Wildman–Crippen MR) is 50.3 cm³/mol. The number of hydrogen-bond donors (Lipinski definition) is 1. The Morgan fingerprint density at radius 3 is 2.93 bits per heavy atom. The minimum atomic E-state index is 0.140. The topological polar surface area (TPSA) is 54.3 Å². The Kier molecular flexibility index (Phi) is 1.99. The van der Waals surface area contributed by atoms with Crippen molar-refractivity contribution < 1.29 is 9.47 Å². The lowest BCUT2D eigenvalue weighted by atomic mass is 10.3. The van der Waals surface area contributed by atoms with E-state index in [9.17, 15) is 0 Å². The predicted octanol–water partition coefficient (Wildman–Crippen LogP) is 1.83. The number of rotatable bonds is 1. The molecule has 0 atom stereocenters. The number of anilines is 1. The zero-order valence-corrected chi connectivity index (χ0v) is 7.57. The molecule has 0 bridgehead atoms. The third-order valence-corrected chi connectivity index (χ3v) is 1.86. The monoisotopic (exact) mass is 188 g/mol. The maximum Gasteiger partial charge on any atom is 0.258 e. The van der Waals surface area contributed by atoms with Gasteiger partial charge in [0.05, 0.1) is 12.8 Å². The summed E-state index contributed by atoms with van der Waals surface area (Å²) < 4.78 is 10.2. The van der Waals surface area contributed by atoms with Crippen LogP contribution in [0, 0.1) is 11.3 Å². The van der Waals surface area contributed by atoms with Gasteiger partial charge in [-0.25, -0.2) is 0 Å². The van der Waals surface area contributed by atoms with Gasteiger partial charge in [0.25, 0.3) is 11.6 Å². The third-order valence-electron chi connectivity index (χ3n) is 1.86. The molecule has 4 nitrogen and oxygen atoms in total. The summed E-state index contributed by atoms with van der Waals surface area (Å²) >= 11 is 0. The fourth-order valence-corrected chi connectivity index (χ4v) is 1.21. The van der Waals surface area contributed by atoms with E-state index in [1.807, 2.05) is 30.3 Å². The number of para-hydroxylation sites is 2. The molecular formula is C10H8N2O2. The van der Waals surface area contributed by atoms with Gasteiger partial charge < -0.3 is 14.8 Å². The van der Waals surface area contributed by atoms with Gasteiger partial charge in [-0.15, -0.1) is 0 Å². The highest BCUT2D eigenvalue weighted by molar-refractivity contribution is 5.64. The molecule has 1 aromatic rings. The number of nitriles is 1.